The van der Waals surface area contributed by atoms with Crippen LogP contribution in [0.25, 0.3) is 5.82 Å². The summed E-state index contributed by atoms with van der Waals surface area (Å²) in [5, 5.41) is 40.9. The highest BCUT2D eigenvalue weighted by Crippen LogP contribution is 2.39. The van der Waals surface area contributed by atoms with Crippen LogP contribution in [0.5, 0.6) is 0 Å². The molecule has 3 aromatic heterocycles. The second-order valence-electron chi connectivity index (χ2n) is 11.3. The van der Waals surface area contributed by atoms with E-state index >= 15 is 0 Å². The van der Waals surface area contributed by atoms with Gasteiger partial charge in [-0.1, -0.05) is 56.2 Å². The number of benzene rings is 2. The molecule has 5 aromatic rings. The molecule has 0 aliphatic heterocycles. The zero-order valence-corrected chi connectivity index (χ0v) is 25.4. The van der Waals surface area contributed by atoms with Crippen molar-refractivity contribution in [2.24, 2.45) is 10.2 Å². The van der Waals surface area contributed by atoms with Gasteiger partial charge in [0.05, 0.1) is 17.5 Å². The fourth-order valence-electron chi connectivity index (χ4n) is 4.47. The second-order valence-corrected chi connectivity index (χ2v) is 11.3. The summed E-state index contributed by atoms with van der Waals surface area (Å²) in [4.78, 5) is 13.3. The summed E-state index contributed by atoms with van der Waals surface area (Å²) in [5.41, 5.74) is 5.34. The van der Waals surface area contributed by atoms with Crippen LogP contribution in [0.15, 0.2) is 77.3 Å². The lowest BCUT2D eigenvalue weighted by atomic mass is 9.90. The van der Waals surface area contributed by atoms with Crippen LogP contribution < -0.4 is 10.6 Å². The van der Waals surface area contributed by atoms with Gasteiger partial charge >= 0.3 is 0 Å². The zero-order valence-electron chi connectivity index (χ0n) is 25.4. The molecule has 0 aliphatic carbocycles. The van der Waals surface area contributed by atoms with Crippen molar-refractivity contribution in [1.82, 2.24) is 24.7 Å². The maximum atomic E-state index is 10.2. The van der Waals surface area contributed by atoms with Gasteiger partial charge in [-0.3, -0.25) is 4.98 Å². The highest BCUT2D eigenvalue weighted by Gasteiger charge is 2.28. The average molecular weight is 582 g/mol. The van der Waals surface area contributed by atoms with E-state index < -0.39 is 5.41 Å². The monoisotopic (exact) mass is 581 g/mol. The Labute approximate surface area is 256 Å². The zero-order chi connectivity index (χ0) is 31.4. The highest BCUT2D eigenvalue weighted by molar-refractivity contribution is 5.79. The Balaban J connectivity index is 1.69. The van der Waals surface area contributed by atoms with E-state index in [4.69, 9.17) is 10.1 Å². The van der Waals surface area contributed by atoms with Gasteiger partial charge in [0.1, 0.15) is 23.4 Å². The Morgan fingerprint density at radius 2 is 1.36 bits per heavy atom. The molecule has 0 unspecified atom stereocenters. The van der Waals surface area contributed by atoms with Gasteiger partial charge in [-0.25, -0.2) is 9.97 Å². The fourth-order valence-corrected chi connectivity index (χ4v) is 4.47. The van der Waals surface area contributed by atoms with Crippen LogP contribution in [0.3, 0.4) is 0 Å². The SMILES string of the molecule is Cc1ccc(Nc2nc(Nc3ccc(C)cc3)c(N=Nc3c(C#N)c(C(C)(C)C)nn3-c3cnccn3)c(C)c2C#N)cc1. The number of nitrogens with one attached hydrogen (secondary N) is 2. The topological polar surface area (TPSA) is 153 Å². The number of aromatic nitrogens is 5. The summed E-state index contributed by atoms with van der Waals surface area (Å²) >= 11 is 0. The first-order chi connectivity index (χ1) is 21.1. The van der Waals surface area contributed by atoms with Crippen molar-refractivity contribution in [1.29, 1.82) is 10.5 Å². The van der Waals surface area contributed by atoms with Gasteiger partial charge in [-0.2, -0.15) is 20.3 Å². The lowest BCUT2D eigenvalue weighted by Gasteiger charge is -2.16. The van der Waals surface area contributed by atoms with E-state index in [9.17, 15) is 10.5 Å². The van der Waals surface area contributed by atoms with Crippen LogP contribution in [0, 0.1) is 43.4 Å². The molecule has 218 valence electrons. The van der Waals surface area contributed by atoms with E-state index in [1.807, 2.05) is 83.1 Å². The minimum Gasteiger partial charge on any atom is -0.339 e. The van der Waals surface area contributed by atoms with E-state index in [-0.39, 0.29) is 11.4 Å². The second kappa shape index (κ2) is 12.1. The molecule has 0 fully saturated rings. The molecule has 5 rings (SSSR count). The predicted molar refractivity (Wildman–Crippen MR) is 169 cm³/mol. The van der Waals surface area contributed by atoms with Crippen LogP contribution in [0.1, 0.15) is 54.3 Å². The minimum atomic E-state index is -0.463. The molecule has 0 amide bonds. The van der Waals surface area contributed by atoms with Gasteiger partial charge in [-0.05, 0) is 45.0 Å². The smallest absolute Gasteiger partial charge is 0.197 e. The molecule has 2 aromatic carbocycles. The normalized spacial score (nSPS) is 11.3. The maximum Gasteiger partial charge on any atom is 0.197 e. The Morgan fingerprint density at radius 1 is 0.773 bits per heavy atom. The van der Waals surface area contributed by atoms with Gasteiger partial charge in [-0.15, -0.1) is 10.2 Å². The van der Waals surface area contributed by atoms with Crippen molar-refractivity contribution in [3.8, 4) is 18.0 Å². The molecule has 0 radical (unpaired) electrons. The van der Waals surface area contributed by atoms with Crippen LogP contribution in [0.4, 0.5) is 34.5 Å². The van der Waals surface area contributed by atoms with Crippen molar-refractivity contribution in [2.45, 2.75) is 47.0 Å². The molecule has 0 saturated heterocycles. The number of nitriles is 2. The van der Waals surface area contributed by atoms with Crippen molar-refractivity contribution < 1.29 is 0 Å². The van der Waals surface area contributed by atoms with Gasteiger partial charge in [0.25, 0.3) is 0 Å². The van der Waals surface area contributed by atoms with E-state index in [1.165, 1.54) is 17.1 Å². The molecule has 11 heteroatoms. The van der Waals surface area contributed by atoms with Crippen LogP contribution in [-0.2, 0) is 5.41 Å². The summed E-state index contributed by atoms with van der Waals surface area (Å²) < 4.78 is 1.46. The Bertz CT molecular complexity index is 1920. The van der Waals surface area contributed by atoms with Gasteiger partial charge < -0.3 is 10.6 Å². The molecule has 3 heterocycles. The largest absolute Gasteiger partial charge is 0.339 e. The molecule has 44 heavy (non-hydrogen) atoms. The number of hydrogen-bond acceptors (Lipinski definition) is 10. The standard InChI is InChI=1S/C33H31N11/c1-20-7-11-23(12-8-20)38-30-25(17-34)22(3)28(31(40-30)39-24-13-9-21(2)10-14-24)41-42-32-26(18-35)29(33(4,5)6)43-44(32)27-19-36-15-16-37-27/h7-16,19H,1-6H3,(H2,38,39,40). The molecule has 11 nitrogen and oxygen atoms in total. The Hall–Kier alpha value is -5.94. The third-order valence-electron chi connectivity index (χ3n) is 6.85. The summed E-state index contributed by atoms with van der Waals surface area (Å²) in [5.74, 6) is 1.33. The molecule has 0 atom stereocenters. The number of aryl methyl sites for hydroxylation is 2. The lowest BCUT2D eigenvalue weighted by molar-refractivity contribution is 0.558. The molecule has 0 aliphatic rings. The summed E-state index contributed by atoms with van der Waals surface area (Å²) in [6, 6.07) is 20.2. The van der Waals surface area contributed by atoms with Gasteiger partial charge in [0.15, 0.2) is 23.3 Å². The number of nitrogens with zero attached hydrogens (tertiary/aromatic N) is 9. The molecule has 0 saturated carbocycles. The van der Waals surface area contributed by atoms with E-state index in [2.05, 4.69) is 43.0 Å². The first-order valence-electron chi connectivity index (χ1n) is 13.9. The van der Waals surface area contributed by atoms with Gasteiger partial charge in [0, 0.05) is 34.7 Å². The summed E-state index contributed by atoms with van der Waals surface area (Å²) in [6.45, 7) is 11.7. The van der Waals surface area contributed by atoms with Crippen molar-refractivity contribution >= 4 is 34.5 Å². The van der Waals surface area contributed by atoms with Crippen LogP contribution in [0.2, 0.25) is 0 Å². The number of anilines is 4. The average Bonchev–Trinajstić information content (AvgIpc) is 3.39. The number of rotatable bonds is 7. The quantitative estimate of drug-likeness (QED) is 0.184. The van der Waals surface area contributed by atoms with Crippen LogP contribution >= 0.6 is 0 Å². The van der Waals surface area contributed by atoms with Crippen molar-refractivity contribution in [3.05, 3.63) is 101 Å². The summed E-state index contributed by atoms with van der Waals surface area (Å²) in [7, 11) is 0. The van der Waals surface area contributed by atoms with Gasteiger partial charge in [0.2, 0.25) is 0 Å². The highest BCUT2D eigenvalue weighted by atomic mass is 15.4. The maximum absolute atomic E-state index is 10.2. The molecule has 0 spiro atoms. The van der Waals surface area contributed by atoms with Crippen molar-refractivity contribution in [2.75, 3.05) is 10.6 Å². The third-order valence-corrected chi connectivity index (χ3v) is 6.85. The first-order valence-corrected chi connectivity index (χ1v) is 13.9. The first kappa shape index (κ1) is 29.5. The summed E-state index contributed by atoms with van der Waals surface area (Å²) in [6.07, 6.45) is 4.63. The minimum absolute atomic E-state index is 0.193. The Kier molecular flexibility index (Phi) is 8.14. The van der Waals surface area contributed by atoms with E-state index in [0.29, 0.717) is 40.0 Å². The van der Waals surface area contributed by atoms with Crippen molar-refractivity contribution in [3.63, 3.8) is 0 Å². The predicted octanol–water partition coefficient (Wildman–Crippen LogP) is 7.93. The number of azo groups is 1. The molecular weight excluding hydrogens is 550 g/mol. The molecule has 2 N–H and O–H groups in total. The lowest BCUT2D eigenvalue weighted by Crippen LogP contribution is -2.14. The molecule has 0 bridgehead atoms. The Morgan fingerprint density at radius 3 is 1.89 bits per heavy atom. The molecular formula is C33H31N11. The van der Waals surface area contributed by atoms with E-state index in [1.54, 1.807) is 13.1 Å². The number of hydrogen-bond donors (Lipinski definition) is 2. The number of pyridine rings is 1. The van der Waals surface area contributed by atoms with E-state index in [0.717, 1.165) is 22.5 Å². The third kappa shape index (κ3) is 6.13. The van der Waals surface area contributed by atoms with Crippen LogP contribution in [-0.4, -0.2) is 24.7 Å². The fraction of sp³-hybridized carbons (Fsp3) is 0.212.